The van der Waals surface area contributed by atoms with Gasteiger partial charge in [0.25, 0.3) is 0 Å². The summed E-state index contributed by atoms with van der Waals surface area (Å²) in [7, 11) is 1.65. The zero-order chi connectivity index (χ0) is 16.2. The van der Waals surface area contributed by atoms with Gasteiger partial charge in [0.1, 0.15) is 5.75 Å². The molecule has 124 valence electrons. The Bertz CT molecular complexity index is 659. The van der Waals surface area contributed by atoms with E-state index in [1.54, 1.807) is 7.11 Å². The number of hydrogen-bond donors (Lipinski definition) is 1. The van der Waals surface area contributed by atoms with Crippen molar-refractivity contribution in [1.82, 2.24) is 15.5 Å². The highest BCUT2D eigenvalue weighted by Gasteiger charge is 2.26. The number of nitrogens with one attached hydrogen (secondary N) is 1. The zero-order valence-corrected chi connectivity index (χ0v) is 14.3. The number of benzene rings is 1. The van der Waals surface area contributed by atoms with E-state index in [0.717, 1.165) is 41.6 Å². The molecule has 0 spiro atoms. The summed E-state index contributed by atoms with van der Waals surface area (Å²) in [5.74, 6) is 2.79. The van der Waals surface area contributed by atoms with Gasteiger partial charge >= 0.3 is 0 Å². The summed E-state index contributed by atoms with van der Waals surface area (Å²) < 4.78 is 10.7. The highest BCUT2D eigenvalue weighted by atomic mass is 35.5. The first-order valence-electron chi connectivity index (χ1n) is 7.99. The number of methoxy groups -OCH3 is 1. The number of hydrogen-bond acceptors (Lipinski definition) is 5. The predicted molar refractivity (Wildman–Crippen MR) is 88.7 cm³/mol. The molecular weight excluding hydrogens is 314 g/mol. The van der Waals surface area contributed by atoms with Gasteiger partial charge in [-0.1, -0.05) is 17.7 Å². The van der Waals surface area contributed by atoms with E-state index in [4.69, 9.17) is 20.8 Å². The van der Waals surface area contributed by atoms with E-state index < -0.39 is 0 Å². The molecule has 1 saturated carbocycles. The smallest absolute Gasteiger partial charge is 0.216 e. The third-order valence-corrected chi connectivity index (χ3v) is 4.77. The van der Waals surface area contributed by atoms with E-state index in [9.17, 15) is 0 Å². The van der Waals surface area contributed by atoms with Crippen molar-refractivity contribution in [1.29, 1.82) is 0 Å². The van der Waals surface area contributed by atoms with Crippen LogP contribution >= 0.6 is 11.6 Å². The summed E-state index contributed by atoms with van der Waals surface area (Å²) in [5, 5.41) is 12.3. The maximum absolute atomic E-state index is 6.28. The average Bonchev–Trinajstić information content (AvgIpc) is 3.15. The van der Waals surface area contributed by atoms with Gasteiger partial charge in [0, 0.05) is 31.0 Å². The Kier molecular flexibility index (Phi) is 5.18. The fourth-order valence-electron chi connectivity index (χ4n) is 3.17. The van der Waals surface area contributed by atoms with E-state index in [2.05, 4.69) is 15.5 Å². The lowest BCUT2D eigenvalue weighted by atomic mass is 10.0. The number of aromatic nitrogens is 2. The van der Waals surface area contributed by atoms with Gasteiger partial charge < -0.3 is 14.5 Å². The Morgan fingerprint density at radius 1 is 1.35 bits per heavy atom. The second-order valence-electron chi connectivity index (χ2n) is 6.13. The van der Waals surface area contributed by atoms with Crippen LogP contribution in [0.2, 0.25) is 5.02 Å². The monoisotopic (exact) mass is 335 g/mol. The second-order valence-corrected chi connectivity index (χ2v) is 6.54. The topological polar surface area (TPSA) is 60.2 Å². The van der Waals surface area contributed by atoms with Gasteiger partial charge in [-0.2, -0.15) is 0 Å². The largest absolute Gasteiger partial charge is 0.497 e. The lowest BCUT2D eigenvalue weighted by Gasteiger charge is -2.14. The maximum atomic E-state index is 6.28. The molecule has 3 rings (SSSR count). The molecule has 0 radical (unpaired) electrons. The molecule has 1 fully saturated rings. The molecule has 1 aromatic carbocycles. The standard InChI is InChI=1S/C17H22ClN3O2/c1-11-20-21-17(23-11)8-12-3-5-14(7-12)19-10-13-4-6-15(22-2)9-16(13)18/h4,6,9,12,14,19H,3,5,7-8,10H2,1-2H3/t12-,14+/m1/s1. The Morgan fingerprint density at radius 2 is 2.22 bits per heavy atom. The van der Waals surface area contributed by atoms with Gasteiger partial charge in [-0.15, -0.1) is 10.2 Å². The molecule has 1 aliphatic rings. The van der Waals surface area contributed by atoms with Gasteiger partial charge in [-0.25, -0.2) is 0 Å². The van der Waals surface area contributed by atoms with Crippen molar-refractivity contribution in [2.75, 3.05) is 7.11 Å². The van der Waals surface area contributed by atoms with Crippen LogP contribution in [0, 0.1) is 12.8 Å². The number of rotatable bonds is 6. The third kappa shape index (κ3) is 4.24. The summed E-state index contributed by atoms with van der Waals surface area (Å²) in [4.78, 5) is 0. The van der Waals surface area contributed by atoms with Crippen molar-refractivity contribution in [2.24, 2.45) is 5.92 Å². The first kappa shape index (κ1) is 16.3. The quantitative estimate of drug-likeness (QED) is 0.875. The lowest BCUT2D eigenvalue weighted by Crippen LogP contribution is -2.26. The second kappa shape index (κ2) is 7.32. The summed E-state index contributed by atoms with van der Waals surface area (Å²) in [6.07, 6.45) is 4.37. The maximum Gasteiger partial charge on any atom is 0.216 e. The molecule has 1 aromatic heterocycles. The first-order valence-corrected chi connectivity index (χ1v) is 8.36. The fourth-order valence-corrected chi connectivity index (χ4v) is 3.40. The minimum atomic E-state index is 0.516. The van der Waals surface area contributed by atoms with E-state index >= 15 is 0 Å². The number of ether oxygens (including phenoxy) is 1. The molecular formula is C17H22ClN3O2. The van der Waals surface area contributed by atoms with Crippen LogP contribution in [0.1, 0.15) is 36.6 Å². The van der Waals surface area contributed by atoms with Crippen LogP contribution in [-0.4, -0.2) is 23.3 Å². The van der Waals surface area contributed by atoms with Crippen molar-refractivity contribution in [3.05, 3.63) is 40.6 Å². The molecule has 0 aliphatic heterocycles. The van der Waals surface area contributed by atoms with Gasteiger partial charge in [0.15, 0.2) is 0 Å². The van der Waals surface area contributed by atoms with E-state index in [0.29, 0.717) is 17.9 Å². The van der Waals surface area contributed by atoms with Crippen LogP contribution in [0.4, 0.5) is 0 Å². The molecule has 0 amide bonds. The summed E-state index contributed by atoms with van der Waals surface area (Å²) in [6.45, 7) is 2.61. The predicted octanol–water partition coefficient (Wildman–Crippen LogP) is 3.54. The minimum absolute atomic E-state index is 0.516. The van der Waals surface area contributed by atoms with Crippen LogP contribution in [0.15, 0.2) is 22.6 Å². The van der Waals surface area contributed by atoms with Gasteiger partial charge in [0.2, 0.25) is 11.8 Å². The molecule has 1 aliphatic carbocycles. The Labute approximate surface area is 141 Å². The normalized spacial score (nSPS) is 20.8. The molecule has 5 nitrogen and oxygen atoms in total. The molecule has 0 bridgehead atoms. The first-order chi connectivity index (χ1) is 11.1. The number of nitrogens with zero attached hydrogens (tertiary/aromatic N) is 2. The van der Waals surface area contributed by atoms with Crippen LogP contribution in [0.5, 0.6) is 5.75 Å². The number of halogens is 1. The Hall–Kier alpha value is -1.59. The van der Waals surface area contributed by atoms with Crippen molar-refractivity contribution < 1.29 is 9.15 Å². The highest BCUT2D eigenvalue weighted by Crippen LogP contribution is 2.29. The van der Waals surface area contributed by atoms with Crippen molar-refractivity contribution in [3.8, 4) is 5.75 Å². The van der Waals surface area contributed by atoms with Crippen molar-refractivity contribution in [2.45, 2.75) is 45.2 Å². The van der Waals surface area contributed by atoms with Crippen molar-refractivity contribution in [3.63, 3.8) is 0 Å². The molecule has 0 saturated heterocycles. The van der Waals surface area contributed by atoms with E-state index in [1.165, 1.54) is 12.8 Å². The van der Waals surface area contributed by atoms with Gasteiger partial charge in [-0.05, 0) is 42.9 Å². The summed E-state index contributed by atoms with van der Waals surface area (Å²) in [6, 6.07) is 6.33. The lowest BCUT2D eigenvalue weighted by molar-refractivity contribution is 0.408. The molecule has 1 N–H and O–H groups in total. The minimum Gasteiger partial charge on any atom is -0.497 e. The number of aryl methyl sites for hydroxylation is 1. The van der Waals surface area contributed by atoms with Gasteiger partial charge in [0.05, 0.1) is 7.11 Å². The zero-order valence-electron chi connectivity index (χ0n) is 13.5. The van der Waals surface area contributed by atoms with Crippen molar-refractivity contribution >= 4 is 11.6 Å². The fraction of sp³-hybridized carbons (Fsp3) is 0.529. The van der Waals surface area contributed by atoms with E-state index in [1.807, 2.05) is 25.1 Å². The van der Waals surface area contributed by atoms with Gasteiger partial charge in [-0.3, -0.25) is 0 Å². The average molecular weight is 336 g/mol. The molecule has 1 heterocycles. The Morgan fingerprint density at radius 3 is 2.91 bits per heavy atom. The summed E-state index contributed by atoms with van der Waals surface area (Å²) in [5.41, 5.74) is 1.10. The SMILES string of the molecule is COc1ccc(CN[C@H]2CC[C@@H](Cc3nnc(C)o3)C2)c(Cl)c1. The molecule has 0 unspecified atom stereocenters. The van der Waals surface area contributed by atoms with Crippen LogP contribution < -0.4 is 10.1 Å². The molecule has 2 atom stereocenters. The Balaban J connectivity index is 1.48. The van der Waals surface area contributed by atoms with Crippen LogP contribution in [-0.2, 0) is 13.0 Å². The van der Waals surface area contributed by atoms with Crippen LogP contribution in [0.3, 0.4) is 0 Å². The molecule has 23 heavy (non-hydrogen) atoms. The molecule has 6 heteroatoms. The summed E-state index contributed by atoms with van der Waals surface area (Å²) >= 11 is 6.28. The molecule has 2 aromatic rings. The third-order valence-electron chi connectivity index (χ3n) is 4.41. The van der Waals surface area contributed by atoms with Crippen LogP contribution in [0.25, 0.3) is 0 Å². The highest BCUT2D eigenvalue weighted by molar-refractivity contribution is 6.31. The van der Waals surface area contributed by atoms with E-state index in [-0.39, 0.29) is 0 Å².